The first-order valence-electron chi connectivity index (χ1n) is 11.4. The fraction of sp³-hybridized carbons (Fsp3) is 0.296. The third kappa shape index (κ3) is 6.32. The lowest BCUT2D eigenvalue weighted by atomic mass is 10.1. The Labute approximate surface area is 217 Å². The lowest BCUT2D eigenvalue weighted by Crippen LogP contribution is -2.27. The fourth-order valence-corrected chi connectivity index (χ4v) is 4.70. The molecule has 0 bridgehead atoms. The number of allylic oxidation sites excluding steroid dienone is 4. The average molecular weight is 531 g/mol. The van der Waals surface area contributed by atoms with Crippen molar-refractivity contribution in [3.05, 3.63) is 81.7 Å². The van der Waals surface area contributed by atoms with E-state index in [1.165, 1.54) is 17.4 Å². The van der Waals surface area contributed by atoms with Crippen LogP contribution in [0.4, 0.5) is 19.3 Å². The van der Waals surface area contributed by atoms with Crippen molar-refractivity contribution in [2.24, 2.45) is 11.8 Å². The van der Waals surface area contributed by atoms with E-state index >= 15 is 0 Å². The molecule has 1 saturated carbocycles. The van der Waals surface area contributed by atoms with E-state index in [4.69, 9.17) is 9.84 Å². The van der Waals surface area contributed by atoms with E-state index in [9.17, 15) is 23.2 Å². The normalized spacial score (nSPS) is 19.5. The highest BCUT2D eigenvalue weighted by molar-refractivity contribution is 7.11. The molecule has 1 heterocycles. The van der Waals surface area contributed by atoms with Crippen molar-refractivity contribution >= 4 is 40.6 Å². The molecule has 1 aliphatic carbocycles. The van der Waals surface area contributed by atoms with E-state index in [1.807, 2.05) is 31.2 Å². The lowest BCUT2D eigenvalue weighted by Gasteiger charge is -2.16. The maximum absolute atomic E-state index is 13.7. The van der Waals surface area contributed by atoms with E-state index in [-0.39, 0.29) is 5.70 Å². The number of aryl methyl sites for hydroxylation is 1. The summed E-state index contributed by atoms with van der Waals surface area (Å²) in [5, 5.41) is 15.8. The molecule has 1 fully saturated rings. The van der Waals surface area contributed by atoms with Crippen molar-refractivity contribution in [3.8, 4) is 0 Å². The molecule has 7 nitrogen and oxygen atoms in total. The second-order valence-electron chi connectivity index (χ2n) is 8.86. The van der Waals surface area contributed by atoms with Crippen LogP contribution in [-0.2, 0) is 14.3 Å². The SMILES string of the molecule is C=C(C)/C(=C\C=C(/C)c1sccc1NC(=O)OC(C)c1ccccc1C)NC(=O)C1C(C(=O)O)C1(F)F. The van der Waals surface area contributed by atoms with Crippen LogP contribution in [-0.4, -0.2) is 29.0 Å². The molecule has 1 aliphatic rings. The monoisotopic (exact) mass is 530 g/mol. The first-order chi connectivity index (χ1) is 17.3. The summed E-state index contributed by atoms with van der Waals surface area (Å²) in [6.45, 7) is 10.8. The predicted molar refractivity (Wildman–Crippen MR) is 138 cm³/mol. The Bertz CT molecular complexity index is 1300. The third-order valence-electron chi connectivity index (χ3n) is 5.99. The van der Waals surface area contributed by atoms with Crippen molar-refractivity contribution in [2.45, 2.75) is 39.7 Å². The molecular formula is C27H28F2N2O5S. The number of hydrogen-bond donors (Lipinski definition) is 3. The minimum Gasteiger partial charge on any atom is -0.481 e. The summed E-state index contributed by atoms with van der Waals surface area (Å²) >= 11 is 1.37. The number of rotatable bonds is 9. The molecule has 1 aromatic carbocycles. The Kier molecular flexibility index (Phi) is 8.32. The number of thiophene rings is 1. The molecule has 10 heteroatoms. The molecule has 37 heavy (non-hydrogen) atoms. The number of halogens is 2. The molecule has 0 radical (unpaired) electrons. The van der Waals surface area contributed by atoms with Crippen molar-refractivity contribution in [2.75, 3.05) is 5.32 Å². The Balaban J connectivity index is 1.70. The summed E-state index contributed by atoms with van der Waals surface area (Å²) in [6, 6.07) is 9.34. The van der Waals surface area contributed by atoms with Gasteiger partial charge in [-0.3, -0.25) is 14.9 Å². The Morgan fingerprint density at radius 3 is 2.43 bits per heavy atom. The van der Waals surface area contributed by atoms with Gasteiger partial charge in [-0.15, -0.1) is 11.3 Å². The molecule has 3 rings (SSSR count). The van der Waals surface area contributed by atoms with E-state index in [0.717, 1.165) is 16.0 Å². The van der Waals surface area contributed by atoms with Gasteiger partial charge in [0.15, 0.2) is 0 Å². The molecule has 0 aliphatic heterocycles. The summed E-state index contributed by atoms with van der Waals surface area (Å²) in [6.07, 6.45) is 2.06. The summed E-state index contributed by atoms with van der Waals surface area (Å²) in [5.41, 5.74) is 3.72. The highest BCUT2D eigenvalue weighted by Crippen LogP contribution is 2.55. The number of alkyl halides is 2. The van der Waals surface area contributed by atoms with Crippen molar-refractivity contribution in [1.82, 2.24) is 5.32 Å². The first kappa shape index (κ1) is 27.8. The summed E-state index contributed by atoms with van der Waals surface area (Å²) < 4.78 is 33.0. The zero-order chi connectivity index (χ0) is 27.5. The third-order valence-corrected chi connectivity index (χ3v) is 7.04. The van der Waals surface area contributed by atoms with Gasteiger partial charge >= 0.3 is 12.1 Å². The number of nitrogens with one attached hydrogen (secondary N) is 2. The number of carbonyl (C=O) groups is 3. The largest absolute Gasteiger partial charge is 0.481 e. The number of carbonyl (C=O) groups excluding carboxylic acids is 2. The number of anilines is 1. The van der Waals surface area contributed by atoms with Gasteiger partial charge in [0.25, 0.3) is 5.92 Å². The number of carboxylic acids is 1. The number of benzene rings is 1. The Morgan fingerprint density at radius 2 is 1.84 bits per heavy atom. The van der Waals surface area contributed by atoms with E-state index < -0.39 is 41.8 Å². The maximum atomic E-state index is 13.7. The van der Waals surface area contributed by atoms with Crippen molar-refractivity contribution < 1.29 is 33.0 Å². The maximum Gasteiger partial charge on any atom is 0.412 e. The molecule has 196 valence electrons. The second-order valence-corrected chi connectivity index (χ2v) is 9.78. The number of amides is 2. The molecule has 2 aromatic rings. The Hall–Kier alpha value is -3.79. The number of carboxylic acid groups (broad SMARTS) is 1. The van der Waals surface area contributed by atoms with Gasteiger partial charge in [-0.25, -0.2) is 13.6 Å². The second kappa shape index (κ2) is 11.1. The molecule has 3 atom stereocenters. The average Bonchev–Trinajstić information content (AvgIpc) is 3.14. The first-order valence-corrected chi connectivity index (χ1v) is 12.3. The standard InChI is InChI=1S/C27H28F2N2O5S/c1-14(2)19(30-24(32)21-22(25(33)34)27(21,28)29)11-10-16(4)23-20(12-13-37-23)31-26(35)36-17(5)18-9-7-6-8-15(18)3/h6-13,17,21-22H,1H2,2-5H3,(H,30,32)(H,31,35)(H,33,34)/b16-10+,19-11+. The van der Waals surface area contributed by atoms with Crippen molar-refractivity contribution in [1.29, 1.82) is 0 Å². The highest BCUT2D eigenvalue weighted by atomic mass is 32.1. The van der Waals surface area contributed by atoms with Gasteiger partial charge in [-0.1, -0.05) is 36.9 Å². The van der Waals surface area contributed by atoms with Crippen molar-refractivity contribution in [3.63, 3.8) is 0 Å². The number of hydrogen-bond acceptors (Lipinski definition) is 5. The minimum absolute atomic E-state index is 0.175. The van der Waals surface area contributed by atoms with Gasteiger partial charge in [-0.2, -0.15) is 0 Å². The minimum atomic E-state index is -3.59. The smallest absolute Gasteiger partial charge is 0.412 e. The summed E-state index contributed by atoms with van der Waals surface area (Å²) in [5.74, 6) is -10.4. The van der Waals surface area contributed by atoms with Gasteiger partial charge in [0.2, 0.25) is 5.91 Å². The fourth-order valence-electron chi connectivity index (χ4n) is 3.86. The van der Waals surface area contributed by atoms with Crippen LogP contribution in [0.15, 0.2) is 65.7 Å². The van der Waals surface area contributed by atoms with Crippen LogP contribution in [0.25, 0.3) is 5.57 Å². The lowest BCUT2D eigenvalue weighted by molar-refractivity contribution is -0.141. The number of aliphatic carboxylic acids is 1. The van der Waals surface area contributed by atoms with E-state index in [1.54, 1.807) is 38.3 Å². The van der Waals surface area contributed by atoms with Crippen LogP contribution in [0.5, 0.6) is 0 Å². The number of ether oxygens (including phenoxy) is 1. The topological polar surface area (TPSA) is 105 Å². The zero-order valence-electron chi connectivity index (χ0n) is 20.8. The highest BCUT2D eigenvalue weighted by Gasteiger charge is 2.76. The molecule has 3 unspecified atom stereocenters. The molecule has 3 N–H and O–H groups in total. The van der Waals surface area contributed by atoms with E-state index in [2.05, 4.69) is 17.2 Å². The molecule has 0 spiro atoms. The van der Waals surface area contributed by atoms with Gasteiger partial charge in [0, 0.05) is 5.70 Å². The Morgan fingerprint density at radius 1 is 1.16 bits per heavy atom. The van der Waals surface area contributed by atoms with Crippen LogP contribution in [0.2, 0.25) is 0 Å². The quantitative estimate of drug-likeness (QED) is 0.330. The van der Waals surface area contributed by atoms with Crippen LogP contribution < -0.4 is 10.6 Å². The molecule has 2 amide bonds. The van der Waals surface area contributed by atoms with Crippen LogP contribution in [0.3, 0.4) is 0 Å². The van der Waals surface area contributed by atoms with Crippen LogP contribution in [0, 0.1) is 18.8 Å². The molecule has 1 aromatic heterocycles. The summed E-state index contributed by atoms with van der Waals surface area (Å²) in [4.78, 5) is 36.5. The zero-order valence-corrected chi connectivity index (χ0v) is 21.6. The predicted octanol–water partition coefficient (Wildman–Crippen LogP) is 6.31. The summed E-state index contributed by atoms with van der Waals surface area (Å²) in [7, 11) is 0. The van der Waals surface area contributed by atoms with Gasteiger partial charge in [0.1, 0.15) is 17.9 Å². The van der Waals surface area contributed by atoms with Gasteiger partial charge in [-0.05, 0) is 67.5 Å². The van der Waals surface area contributed by atoms with Crippen LogP contribution >= 0.6 is 11.3 Å². The van der Waals surface area contributed by atoms with Crippen LogP contribution in [0.1, 0.15) is 42.9 Å². The van der Waals surface area contributed by atoms with Gasteiger partial charge in [0.05, 0.1) is 10.6 Å². The molecule has 0 saturated heterocycles. The van der Waals surface area contributed by atoms with Gasteiger partial charge < -0.3 is 15.2 Å². The van der Waals surface area contributed by atoms with E-state index in [0.29, 0.717) is 16.8 Å². The molecular weight excluding hydrogens is 502 g/mol.